The highest BCUT2D eigenvalue weighted by Crippen LogP contribution is 2.22. The number of nitrogens with zero attached hydrogens (tertiary/aromatic N) is 1. The van der Waals surface area contributed by atoms with Crippen LogP contribution in [-0.4, -0.2) is 24.8 Å². The predicted octanol–water partition coefficient (Wildman–Crippen LogP) is 2.23. The molecule has 0 radical (unpaired) electrons. The maximum absolute atomic E-state index is 13.9. The van der Waals surface area contributed by atoms with Gasteiger partial charge in [0.1, 0.15) is 11.6 Å². The summed E-state index contributed by atoms with van der Waals surface area (Å²) in [6, 6.07) is 3.30. The van der Waals surface area contributed by atoms with E-state index in [1.54, 1.807) is 0 Å². The lowest BCUT2D eigenvalue weighted by Crippen LogP contribution is -2.32. The molecule has 0 unspecified atom stereocenters. The van der Waals surface area contributed by atoms with Gasteiger partial charge in [-0.05, 0) is 38.1 Å². The zero-order valence-corrected chi connectivity index (χ0v) is 11.2. The molecule has 2 rings (SSSR count). The molecule has 0 amide bonds. The molecule has 1 fully saturated rings. The van der Waals surface area contributed by atoms with Crippen molar-refractivity contribution in [1.82, 2.24) is 5.32 Å². The van der Waals surface area contributed by atoms with Gasteiger partial charge < -0.3 is 10.2 Å². The first-order valence-corrected chi connectivity index (χ1v) is 6.49. The maximum Gasteiger partial charge on any atom is 0.331 e. The number of nitrogens with one attached hydrogen (secondary N) is 1. The van der Waals surface area contributed by atoms with E-state index < -0.39 is 17.6 Å². The highest BCUT2D eigenvalue weighted by molar-refractivity contribution is 6.02. The van der Waals surface area contributed by atoms with Crippen molar-refractivity contribution in [2.24, 2.45) is 11.1 Å². The normalized spacial score (nSPS) is 17.1. The lowest BCUT2D eigenvalue weighted by molar-refractivity contribution is -0.140. The third-order valence-corrected chi connectivity index (χ3v) is 3.21. The number of rotatable bonds is 3. The molecular weight excluding hydrogens is 266 g/mol. The average Bonchev–Trinajstić information content (AvgIpc) is 2.42. The Kier molecular flexibility index (Phi) is 4.79. The van der Waals surface area contributed by atoms with Gasteiger partial charge in [0.25, 0.3) is 0 Å². The average molecular weight is 282 g/mol. The minimum absolute atomic E-state index is 0.0180. The second-order valence-electron chi connectivity index (χ2n) is 4.71. The molecule has 1 N–H and O–H groups in total. The highest BCUT2D eigenvalue weighted by Gasteiger charge is 2.24. The summed E-state index contributed by atoms with van der Waals surface area (Å²) in [7, 11) is 0. The van der Waals surface area contributed by atoms with Gasteiger partial charge >= 0.3 is 5.97 Å². The van der Waals surface area contributed by atoms with Gasteiger partial charge in [0, 0.05) is 24.5 Å². The van der Waals surface area contributed by atoms with E-state index in [1.807, 2.05) is 0 Å². The molecule has 0 saturated carbocycles. The number of carbonyl (C=O) groups excluding carboxylic acids is 1. The van der Waals surface area contributed by atoms with Gasteiger partial charge in [-0.2, -0.15) is 0 Å². The van der Waals surface area contributed by atoms with Crippen LogP contribution in [0.3, 0.4) is 0 Å². The van der Waals surface area contributed by atoms with Crippen LogP contribution < -0.4 is 5.32 Å². The number of benzene rings is 1. The summed E-state index contributed by atoms with van der Waals surface area (Å²) in [5, 5.41) is 6.98. The number of halogens is 2. The van der Waals surface area contributed by atoms with Crippen molar-refractivity contribution in [2.75, 3.05) is 13.1 Å². The van der Waals surface area contributed by atoms with Crippen molar-refractivity contribution in [3.63, 3.8) is 0 Å². The number of piperidine rings is 1. The second kappa shape index (κ2) is 6.56. The van der Waals surface area contributed by atoms with Gasteiger partial charge in [0.15, 0.2) is 0 Å². The largest absolute Gasteiger partial charge is 0.331 e. The zero-order chi connectivity index (χ0) is 14.5. The van der Waals surface area contributed by atoms with Gasteiger partial charge in [0.2, 0.25) is 0 Å². The van der Waals surface area contributed by atoms with E-state index in [4.69, 9.17) is 0 Å². The minimum Gasteiger partial charge on any atom is -0.318 e. The molecule has 1 heterocycles. The first-order chi connectivity index (χ1) is 9.58. The van der Waals surface area contributed by atoms with Crippen LogP contribution in [0.1, 0.15) is 25.3 Å². The van der Waals surface area contributed by atoms with Gasteiger partial charge in [-0.1, -0.05) is 5.16 Å². The smallest absolute Gasteiger partial charge is 0.318 e. The molecule has 6 heteroatoms. The molecule has 4 nitrogen and oxygen atoms in total. The molecule has 0 aliphatic carbocycles. The third kappa shape index (κ3) is 3.60. The Bertz CT molecular complexity index is 526. The van der Waals surface area contributed by atoms with Crippen LogP contribution >= 0.6 is 0 Å². The van der Waals surface area contributed by atoms with Gasteiger partial charge in [-0.3, -0.25) is 0 Å². The van der Waals surface area contributed by atoms with E-state index >= 15 is 0 Å². The fourth-order valence-corrected chi connectivity index (χ4v) is 2.25. The quantitative estimate of drug-likeness (QED) is 0.525. The lowest BCUT2D eigenvalue weighted by atomic mass is 9.88. The fraction of sp³-hybridized carbons (Fsp3) is 0.429. The Morgan fingerprint density at radius 3 is 2.65 bits per heavy atom. The predicted molar refractivity (Wildman–Crippen MR) is 70.3 cm³/mol. The molecule has 1 aliphatic rings. The highest BCUT2D eigenvalue weighted by atomic mass is 19.1. The molecule has 108 valence electrons. The van der Waals surface area contributed by atoms with Gasteiger partial charge in [-0.25, -0.2) is 13.6 Å². The minimum atomic E-state index is -0.700. The summed E-state index contributed by atoms with van der Waals surface area (Å²) in [5.74, 6) is -1.94. The van der Waals surface area contributed by atoms with Crippen LogP contribution in [0.4, 0.5) is 8.78 Å². The topological polar surface area (TPSA) is 50.7 Å². The van der Waals surface area contributed by atoms with E-state index in [2.05, 4.69) is 15.3 Å². The fourth-order valence-electron chi connectivity index (χ4n) is 2.25. The van der Waals surface area contributed by atoms with Gasteiger partial charge in [-0.15, -0.1) is 0 Å². The van der Waals surface area contributed by atoms with E-state index in [0.29, 0.717) is 5.71 Å². The number of hydrogen-bond donors (Lipinski definition) is 1. The van der Waals surface area contributed by atoms with Crippen molar-refractivity contribution >= 4 is 11.7 Å². The lowest BCUT2D eigenvalue weighted by Gasteiger charge is -2.24. The standard InChI is InChI=1S/C14H16F2N2O2/c1-9(19)20-18-14(10-4-6-17-7-5-10)12-3-2-11(15)8-13(12)16/h2-3,8,10,17H,4-7H2,1H3. The molecule has 0 spiro atoms. The van der Waals surface area contributed by atoms with E-state index in [-0.39, 0.29) is 11.5 Å². The number of oxime groups is 1. The Morgan fingerprint density at radius 2 is 2.05 bits per heavy atom. The summed E-state index contributed by atoms with van der Waals surface area (Å²) in [6.07, 6.45) is 1.52. The van der Waals surface area contributed by atoms with Crippen molar-refractivity contribution in [1.29, 1.82) is 0 Å². The summed E-state index contributed by atoms with van der Waals surface area (Å²) in [5.41, 5.74) is 0.541. The van der Waals surface area contributed by atoms with Crippen molar-refractivity contribution in [3.8, 4) is 0 Å². The summed E-state index contributed by atoms with van der Waals surface area (Å²) in [4.78, 5) is 15.6. The number of carbonyl (C=O) groups is 1. The zero-order valence-electron chi connectivity index (χ0n) is 11.2. The first kappa shape index (κ1) is 14.6. The van der Waals surface area contributed by atoms with Crippen LogP contribution in [0.2, 0.25) is 0 Å². The van der Waals surface area contributed by atoms with Crippen LogP contribution in [0.25, 0.3) is 0 Å². The van der Waals surface area contributed by atoms with Crippen molar-refractivity contribution in [2.45, 2.75) is 19.8 Å². The molecule has 0 bridgehead atoms. The second-order valence-corrected chi connectivity index (χ2v) is 4.71. The monoisotopic (exact) mass is 282 g/mol. The molecule has 20 heavy (non-hydrogen) atoms. The van der Waals surface area contributed by atoms with Crippen LogP contribution in [0.15, 0.2) is 23.4 Å². The molecular formula is C14H16F2N2O2. The van der Waals surface area contributed by atoms with Crippen LogP contribution in [0, 0.1) is 17.6 Å². The molecule has 1 aromatic carbocycles. The Balaban J connectivity index is 2.34. The van der Waals surface area contributed by atoms with Crippen LogP contribution in [-0.2, 0) is 9.63 Å². The third-order valence-electron chi connectivity index (χ3n) is 3.21. The molecule has 1 aliphatic heterocycles. The summed E-state index contributed by atoms with van der Waals surface area (Å²) in [6.45, 7) is 2.80. The Morgan fingerprint density at radius 1 is 1.35 bits per heavy atom. The van der Waals surface area contributed by atoms with E-state index in [0.717, 1.165) is 32.0 Å². The van der Waals surface area contributed by atoms with E-state index in [1.165, 1.54) is 19.1 Å². The molecule has 0 aromatic heterocycles. The summed E-state index contributed by atoms with van der Waals surface area (Å²) < 4.78 is 26.9. The Labute approximate surface area is 115 Å². The van der Waals surface area contributed by atoms with Crippen molar-refractivity contribution in [3.05, 3.63) is 35.4 Å². The molecule has 1 saturated heterocycles. The number of hydrogen-bond acceptors (Lipinski definition) is 4. The first-order valence-electron chi connectivity index (χ1n) is 6.49. The molecule has 1 aromatic rings. The van der Waals surface area contributed by atoms with Crippen LogP contribution in [0.5, 0.6) is 0 Å². The summed E-state index contributed by atoms with van der Waals surface area (Å²) >= 11 is 0. The Hall–Kier alpha value is -1.82. The van der Waals surface area contributed by atoms with Gasteiger partial charge in [0.05, 0.1) is 5.71 Å². The SMILES string of the molecule is CC(=O)ON=C(c1ccc(F)cc1F)C1CCNCC1. The maximum atomic E-state index is 13.9. The van der Waals surface area contributed by atoms with E-state index in [9.17, 15) is 13.6 Å². The molecule has 0 atom stereocenters. The van der Waals surface area contributed by atoms with Crippen molar-refractivity contribution < 1.29 is 18.4 Å².